The Bertz CT molecular complexity index is 1160. The zero-order valence-electron chi connectivity index (χ0n) is 15.0. The number of hydrogen-bond acceptors (Lipinski definition) is 7. The van der Waals surface area contributed by atoms with Gasteiger partial charge < -0.3 is 19.9 Å². The number of imidazole rings is 1. The average Bonchev–Trinajstić information content (AvgIpc) is 3.30. The molecule has 1 aliphatic rings. The summed E-state index contributed by atoms with van der Waals surface area (Å²) in [6, 6.07) is 3.50. The van der Waals surface area contributed by atoms with E-state index in [2.05, 4.69) is 51.2 Å². The number of rotatable bonds is 4. The Morgan fingerprint density at radius 2 is 1.93 bits per heavy atom. The number of H-pyrrole nitrogens is 1. The Balaban J connectivity index is 1.46. The van der Waals surface area contributed by atoms with Crippen LogP contribution in [0, 0.1) is 0 Å². The lowest BCUT2D eigenvalue weighted by Crippen LogP contribution is -2.37. The fraction of sp³-hybridized carbons (Fsp3) is 0.294. The highest BCUT2D eigenvalue weighted by Crippen LogP contribution is 2.27. The van der Waals surface area contributed by atoms with Gasteiger partial charge in [0.15, 0.2) is 5.65 Å². The van der Waals surface area contributed by atoms with Gasteiger partial charge in [-0.1, -0.05) is 23.2 Å². The summed E-state index contributed by atoms with van der Waals surface area (Å²) in [5, 5.41) is 8.61. The number of morpholine rings is 1. The van der Waals surface area contributed by atoms with Crippen molar-refractivity contribution >= 4 is 67.7 Å². The van der Waals surface area contributed by atoms with Crippen molar-refractivity contribution in [2.75, 3.05) is 36.5 Å². The summed E-state index contributed by atoms with van der Waals surface area (Å²) in [7, 11) is 0. The van der Waals surface area contributed by atoms with Gasteiger partial charge in [-0.15, -0.1) is 0 Å². The second-order valence-electron chi connectivity index (χ2n) is 6.50. The van der Waals surface area contributed by atoms with Crippen molar-refractivity contribution in [3.05, 3.63) is 38.7 Å². The van der Waals surface area contributed by atoms with Crippen LogP contribution in [0.4, 0.5) is 11.9 Å². The van der Waals surface area contributed by atoms with Gasteiger partial charge in [0.2, 0.25) is 11.9 Å². The molecule has 0 atom stereocenters. The number of anilines is 2. The first kappa shape index (κ1) is 18.9. The first-order chi connectivity index (χ1) is 14.1. The zero-order valence-corrected chi connectivity index (χ0v) is 18.1. The normalized spacial score (nSPS) is 14.8. The topological polar surface area (TPSA) is 96.3 Å². The molecular formula is C17H15BrCl2N8O. The number of nitrogens with one attached hydrogen (secondary N) is 2. The van der Waals surface area contributed by atoms with Crippen LogP contribution in [0.2, 0.25) is 10.0 Å². The first-order valence-electron chi connectivity index (χ1n) is 8.90. The van der Waals surface area contributed by atoms with E-state index in [0.717, 1.165) is 34.4 Å². The third kappa shape index (κ3) is 3.61. The lowest BCUT2D eigenvalue weighted by atomic mass is 10.3. The molecule has 0 spiro atoms. The minimum absolute atomic E-state index is 0.413. The van der Waals surface area contributed by atoms with Crippen LogP contribution in [0.25, 0.3) is 16.7 Å². The number of hydrogen-bond donors (Lipinski definition) is 2. The molecule has 0 saturated carbocycles. The number of aromatic amines is 1. The van der Waals surface area contributed by atoms with Crippen LogP contribution in [0.3, 0.4) is 0 Å². The molecule has 150 valence electrons. The van der Waals surface area contributed by atoms with Crippen molar-refractivity contribution < 1.29 is 4.74 Å². The molecule has 12 heteroatoms. The molecule has 0 unspecified atom stereocenters. The molecule has 0 aliphatic carbocycles. The number of aromatic nitrogens is 6. The van der Waals surface area contributed by atoms with E-state index in [4.69, 9.17) is 27.9 Å². The minimum Gasteiger partial charge on any atom is -0.378 e. The summed E-state index contributed by atoms with van der Waals surface area (Å²) in [5.41, 5.74) is 2.26. The van der Waals surface area contributed by atoms with E-state index in [1.807, 2.05) is 0 Å². The monoisotopic (exact) mass is 496 g/mol. The van der Waals surface area contributed by atoms with Crippen molar-refractivity contribution in [1.29, 1.82) is 0 Å². The molecule has 1 aliphatic heterocycles. The molecule has 0 radical (unpaired) electrons. The highest BCUT2D eigenvalue weighted by Gasteiger charge is 2.18. The Kier molecular flexibility index (Phi) is 4.94. The van der Waals surface area contributed by atoms with E-state index in [1.165, 1.54) is 0 Å². The molecule has 9 nitrogen and oxygen atoms in total. The quantitative estimate of drug-likeness (QED) is 0.445. The van der Waals surface area contributed by atoms with Crippen molar-refractivity contribution in [3.63, 3.8) is 0 Å². The third-order valence-electron chi connectivity index (χ3n) is 4.59. The van der Waals surface area contributed by atoms with Gasteiger partial charge in [0.05, 0.1) is 51.5 Å². The second-order valence-corrected chi connectivity index (χ2v) is 8.16. The van der Waals surface area contributed by atoms with Gasteiger partial charge in [-0.05, 0) is 28.1 Å². The number of nitrogens with zero attached hydrogens (tertiary/aromatic N) is 6. The standard InChI is InChI=1S/C17H15BrCl2N8O/c18-9-7-22-28-15(9)25-17(27-1-3-29-4-2-27)26-16(28)21-8-14-23-12-5-10(19)11(20)6-13(12)24-14/h5-7H,1-4,8H2,(H,23,24)(H,21,25,26). The molecule has 4 heterocycles. The summed E-state index contributed by atoms with van der Waals surface area (Å²) in [4.78, 5) is 19.2. The maximum Gasteiger partial charge on any atom is 0.230 e. The molecule has 4 aromatic rings. The molecule has 2 N–H and O–H groups in total. The van der Waals surface area contributed by atoms with Gasteiger partial charge in [-0.3, -0.25) is 0 Å². The smallest absolute Gasteiger partial charge is 0.230 e. The number of benzene rings is 1. The molecule has 29 heavy (non-hydrogen) atoms. The molecule has 5 rings (SSSR count). The summed E-state index contributed by atoms with van der Waals surface area (Å²) < 4.78 is 7.88. The van der Waals surface area contributed by atoms with E-state index in [-0.39, 0.29) is 0 Å². The summed E-state index contributed by atoms with van der Waals surface area (Å²) in [5.74, 6) is 1.93. The van der Waals surface area contributed by atoms with Gasteiger partial charge >= 0.3 is 0 Å². The predicted octanol–water partition coefficient (Wildman–Crippen LogP) is 3.52. The van der Waals surface area contributed by atoms with Crippen molar-refractivity contribution in [1.82, 2.24) is 29.5 Å². The van der Waals surface area contributed by atoms with Crippen LogP contribution in [0.15, 0.2) is 22.8 Å². The SMILES string of the molecule is Clc1cc2nc(CNc3nc(N4CCOCC4)nc4c(Br)cnn34)[nH]c2cc1Cl. The first-order valence-corrected chi connectivity index (χ1v) is 10.4. The van der Waals surface area contributed by atoms with Gasteiger partial charge in [-0.2, -0.15) is 19.6 Å². The Morgan fingerprint density at radius 1 is 1.14 bits per heavy atom. The summed E-state index contributed by atoms with van der Waals surface area (Å²) in [6.07, 6.45) is 1.70. The van der Waals surface area contributed by atoms with Gasteiger partial charge in [0.25, 0.3) is 0 Å². The highest BCUT2D eigenvalue weighted by atomic mass is 79.9. The molecule has 0 bridgehead atoms. The fourth-order valence-corrected chi connectivity index (χ4v) is 3.83. The molecular weight excluding hydrogens is 483 g/mol. The Morgan fingerprint density at radius 3 is 2.76 bits per heavy atom. The second kappa shape index (κ2) is 7.60. The molecule has 0 amide bonds. The molecule has 3 aromatic heterocycles. The third-order valence-corrected chi connectivity index (χ3v) is 5.88. The van der Waals surface area contributed by atoms with E-state index in [1.54, 1.807) is 22.8 Å². The highest BCUT2D eigenvalue weighted by molar-refractivity contribution is 9.10. The summed E-state index contributed by atoms with van der Waals surface area (Å²) >= 11 is 15.7. The Labute approximate surface area is 183 Å². The predicted molar refractivity (Wildman–Crippen MR) is 115 cm³/mol. The largest absolute Gasteiger partial charge is 0.378 e. The van der Waals surface area contributed by atoms with Gasteiger partial charge in [0, 0.05) is 13.1 Å². The van der Waals surface area contributed by atoms with Crippen molar-refractivity contribution in [2.45, 2.75) is 6.54 Å². The maximum absolute atomic E-state index is 6.09. The van der Waals surface area contributed by atoms with E-state index < -0.39 is 0 Å². The van der Waals surface area contributed by atoms with Gasteiger partial charge in [0.1, 0.15) is 5.82 Å². The van der Waals surface area contributed by atoms with Crippen LogP contribution in [0.5, 0.6) is 0 Å². The lowest BCUT2D eigenvalue weighted by molar-refractivity contribution is 0.122. The summed E-state index contributed by atoms with van der Waals surface area (Å²) in [6.45, 7) is 3.21. The molecule has 1 aromatic carbocycles. The number of fused-ring (bicyclic) bond motifs is 2. The Hall–Kier alpha value is -2.14. The maximum atomic E-state index is 6.09. The number of halogens is 3. The van der Waals surface area contributed by atoms with Gasteiger partial charge in [-0.25, -0.2) is 4.98 Å². The minimum atomic E-state index is 0.413. The molecule has 1 fully saturated rings. The van der Waals surface area contributed by atoms with E-state index in [0.29, 0.717) is 47.3 Å². The molecule has 1 saturated heterocycles. The van der Waals surface area contributed by atoms with Crippen LogP contribution < -0.4 is 10.2 Å². The van der Waals surface area contributed by atoms with Crippen LogP contribution >= 0.6 is 39.1 Å². The van der Waals surface area contributed by atoms with E-state index in [9.17, 15) is 0 Å². The lowest BCUT2D eigenvalue weighted by Gasteiger charge is -2.27. The average molecular weight is 498 g/mol. The fourth-order valence-electron chi connectivity index (χ4n) is 3.16. The van der Waals surface area contributed by atoms with Crippen molar-refractivity contribution in [2.24, 2.45) is 0 Å². The van der Waals surface area contributed by atoms with E-state index >= 15 is 0 Å². The van der Waals surface area contributed by atoms with Crippen LogP contribution in [-0.2, 0) is 11.3 Å². The van der Waals surface area contributed by atoms with Crippen LogP contribution in [-0.4, -0.2) is 55.9 Å². The zero-order chi connectivity index (χ0) is 20.0. The number of ether oxygens (including phenoxy) is 1. The van der Waals surface area contributed by atoms with Crippen molar-refractivity contribution in [3.8, 4) is 0 Å². The van der Waals surface area contributed by atoms with Crippen LogP contribution in [0.1, 0.15) is 5.82 Å².